The molecule has 7 heteroatoms. The Kier molecular flexibility index (Phi) is 4.36. The third kappa shape index (κ3) is 2.77. The van der Waals surface area contributed by atoms with Crippen molar-refractivity contribution in [2.24, 2.45) is 29.4 Å². The van der Waals surface area contributed by atoms with Crippen LogP contribution in [0.25, 0.3) is 0 Å². The summed E-state index contributed by atoms with van der Waals surface area (Å²) in [6, 6.07) is 0.395. The molecule has 0 aromatic rings. The summed E-state index contributed by atoms with van der Waals surface area (Å²) < 4.78 is 6.11. The minimum atomic E-state index is -0.947. The lowest BCUT2D eigenvalue weighted by Gasteiger charge is -2.49. The van der Waals surface area contributed by atoms with Gasteiger partial charge in [-0.3, -0.25) is 14.9 Å². The fraction of sp³-hybridized carbons (Fsp3) is 0.882. The number of carbonyl (C=O) groups is 2. The highest BCUT2D eigenvalue weighted by Crippen LogP contribution is 2.40. The molecule has 0 aromatic carbocycles. The number of carboxylic acids is 1. The maximum absolute atomic E-state index is 13.0. The Morgan fingerprint density at radius 2 is 1.96 bits per heavy atom. The van der Waals surface area contributed by atoms with E-state index in [-0.39, 0.29) is 24.2 Å². The van der Waals surface area contributed by atoms with Crippen LogP contribution >= 0.6 is 0 Å². The summed E-state index contributed by atoms with van der Waals surface area (Å²) in [6.45, 7) is 0.695. The van der Waals surface area contributed by atoms with Crippen molar-refractivity contribution in [3.63, 3.8) is 0 Å². The number of ether oxygens (including phenoxy) is 1. The number of aliphatic carboxylic acids is 1. The van der Waals surface area contributed by atoms with E-state index in [1.807, 2.05) is 0 Å². The highest BCUT2D eigenvalue weighted by Gasteiger charge is 2.52. The summed E-state index contributed by atoms with van der Waals surface area (Å²) in [7, 11) is 0. The highest BCUT2D eigenvalue weighted by atomic mass is 16.5. The Morgan fingerprint density at radius 3 is 2.67 bits per heavy atom. The maximum atomic E-state index is 13.0. The molecule has 7 atom stereocenters. The van der Waals surface area contributed by atoms with E-state index in [0.717, 1.165) is 6.42 Å². The zero-order valence-electron chi connectivity index (χ0n) is 13.8. The van der Waals surface area contributed by atoms with Crippen molar-refractivity contribution in [3.05, 3.63) is 0 Å². The van der Waals surface area contributed by atoms with Crippen molar-refractivity contribution < 1.29 is 19.4 Å². The van der Waals surface area contributed by atoms with E-state index in [1.54, 1.807) is 0 Å². The summed E-state index contributed by atoms with van der Waals surface area (Å²) in [4.78, 5) is 24.4. The second-order valence-corrected chi connectivity index (χ2v) is 7.88. The summed E-state index contributed by atoms with van der Waals surface area (Å²) in [5.41, 5.74) is 5.91. The molecule has 3 aliphatic heterocycles. The van der Waals surface area contributed by atoms with Crippen LogP contribution < -0.4 is 16.4 Å². The smallest absolute Gasteiger partial charge is 0.309 e. The van der Waals surface area contributed by atoms with Crippen LogP contribution in [-0.4, -0.2) is 47.9 Å². The SMILES string of the molecule is NC1NC2OC3CNC(C4CCCC4)CC3C(=O)C2CC1C(=O)O. The second-order valence-electron chi connectivity index (χ2n) is 7.88. The van der Waals surface area contributed by atoms with Crippen LogP contribution in [0, 0.1) is 23.7 Å². The average molecular weight is 337 g/mol. The van der Waals surface area contributed by atoms with Gasteiger partial charge in [-0.25, -0.2) is 0 Å². The minimum absolute atomic E-state index is 0.108. The van der Waals surface area contributed by atoms with Crippen LogP contribution in [0.4, 0.5) is 0 Å². The monoisotopic (exact) mass is 337 g/mol. The first-order valence-electron chi connectivity index (χ1n) is 9.21. The zero-order chi connectivity index (χ0) is 16.8. The predicted molar refractivity (Wildman–Crippen MR) is 85.9 cm³/mol. The molecule has 4 aliphatic rings. The third-order valence-corrected chi connectivity index (χ3v) is 6.54. The summed E-state index contributed by atoms with van der Waals surface area (Å²) >= 11 is 0. The highest BCUT2D eigenvalue weighted by molar-refractivity contribution is 5.86. The fourth-order valence-corrected chi connectivity index (χ4v) is 5.16. The largest absolute Gasteiger partial charge is 0.481 e. The fourth-order valence-electron chi connectivity index (χ4n) is 5.16. The molecule has 7 nitrogen and oxygen atoms in total. The molecule has 0 amide bonds. The number of nitrogens with one attached hydrogen (secondary N) is 2. The van der Waals surface area contributed by atoms with E-state index >= 15 is 0 Å². The Hall–Kier alpha value is -1.02. The van der Waals surface area contributed by atoms with Crippen molar-refractivity contribution in [1.29, 1.82) is 0 Å². The van der Waals surface area contributed by atoms with Gasteiger partial charge in [0.25, 0.3) is 0 Å². The van der Waals surface area contributed by atoms with Gasteiger partial charge in [0, 0.05) is 18.5 Å². The van der Waals surface area contributed by atoms with Crippen LogP contribution in [0.2, 0.25) is 0 Å². The van der Waals surface area contributed by atoms with Gasteiger partial charge in [0.05, 0.1) is 24.1 Å². The number of rotatable bonds is 2. The van der Waals surface area contributed by atoms with Crippen LogP contribution in [0.1, 0.15) is 38.5 Å². The van der Waals surface area contributed by atoms with Crippen LogP contribution in [0.3, 0.4) is 0 Å². The third-order valence-electron chi connectivity index (χ3n) is 6.54. The first kappa shape index (κ1) is 16.4. The first-order valence-corrected chi connectivity index (χ1v) is 9.21. The summed E-state index contributed by atoms with van der Waals surface area (Å²) in [5, 5.41) is 15.9. The second kappa shape index (κ2) is 6.37. The predicted octanol–water partition coefficient (Wildman–Crippen LogP) is 0.0438. The number of fused-ring (bicyclic) bond motifs is 2. The maximum Gasteiger partial charge on any atom is 0.309 e. The van der Waals surface area contributed by atoms with Gasteiger partial charge in [-0.05, 0) is 31.6 Å². The molecule has 134 valence electrons. The quantitative estimate of drug-likeness (QED) is 0.563. The molecule has 0 radical (unpaired) electrons. The van der Waals surface area contributed by atoms with Gasteiger partial charge >= 0.3 is 5.97 Å². The molecule has 0 spiro atoms. The van der Waals surface area contributed by atoms with Gasteiger partial charge in [0.2, 0.25) is 0 Å². The van der Waals surface area contributed by atoms with Crippen LogP contribution in [0.15, 0.2) is 0 Å². The first-order chi connectivity index (χ1) is 11.5. The van der Waals surface area contributed by atoms with E-state index in [1.165, 1.54) is 25.7 Å². The summed E-state index contributed by atoms with van der Waals surface area (Å²) in [5.74, 6) is -1.34. The van der Waals surface area contributed by atoms with Crippen molar-refractivity contribution in [2.45, 2.75) is 63.1 Å². The minimum Gasteiger partial charge on any atom is -0.481 e. The Labute approximate surface area is 141 Å². The van der Waals surface area contributed by atoms with Gasteiger partial charge in [-0.2, -0.15) is 0 Å². The number of ketones is 1. The molecule has 3 saturated heterocycles. The number of hydrogen-bond acceptors (Lipinski definition) is 6. The molecular formula is C17H27N3O4. The molecule has 5 N–H and O–H groups in total. The average Bonchev–Trinajstić information content (AvgIpc) is 3.08. The number of nitrogens with two attached hydrogens (primary N) is 1. The molecule has 4 rings (SSSR count). The van der Waals surface area contributed by atoms with Gasteiger partial charge in [-0.1, -0.05) is 12.8 Å². The Morgan fingerprint density at radius 1 is 1.21 bits per heavy atom. The lowest BCUT2D eigenvalue weighted by molar-refractivity contribution is -0.181. The number of carbonyl (C=O) groups excluding carboxylic acids is 1. The van der Waals surface area contributed by atoms with Crippen molar-refractivity contribution in [1.82, 2.24) is 10.6 Å². The van der Waals surface area contributed by atoms with Gasteiger partial charge < -0.3 is 20.9 Å². The number of hydrogen-bond donors (Lipinski definition) is 4. The molecule has 7 unspecified atom stereocenters. The van der Waals surface area contributed by atoms with Gasteiger partial charge in [-0.15, -0.1) is 0 Å². The molecule has 1 saturated carbocycles. The Balaban J connectivity index is 1.48. The zero-order valence-corrected chi connectivity index (χ0v) is 13.8. The van der Waals surface area contributed by atoms with Crippen molar-refractivity contribution >= 4 is 11.8 Å². The Bertz CT molecular complexity index is 522. The molecule has 0 aromatic heterocycles. The van der Waals surface area contributed by atoms with Crippen molar-refractivity contribution in [3.8, 4) is 0 Å². The normalized spacial score (nSPS) is 46.4. The molecule has 3 heterocycles. The number of carboxylic acid groups (broad SMARTS) is 1. The lowest BCUT2D eigenvalue weighted by atomic mass is 9.72. The van der Waals surface area contributed by atoms with Gasteiger partial charge in [0.15, 0.2) is 0 Å². The van der Waals surface area contributed by atoms with E-state index in [9.17, 15) is 14.7 Å². The van der Waals surface area contributed by atoms with E-state index in [2.05, 4.69) is 10.6 Å². The topological polar surface area (TPSA) is 114 Å². The molecule has 1 aliphatic carbocycles. The van der Waals surface area contributed by atoms with Crippen LogP contribution in [-0.2, 0) is 14.3 Å². The lowest BCUT2D eigenvalue weighted by Crippen LogP contribution is -2.67. The van der Waals surface area contributed by atoms with Gasteiger partial charge in [0.1, 0.15) is 12.0 Å². The van der Waals surface area contributed by atoms with Crippen molar-refractivity contribution in [2.75, 3.05) is 6.54 Å². The molecule has 24 heavy (non-hydrogen) atoms. The molecular weight excluding hydrogens is 310 g/mol. The number of Topliss-reactive ketones (excluding diaryl/α,β-unsaturated/α-hetero) is 1. The summed E-state index contributed by atoms with van der Waals surface area (Å²) in [6.07, 6.45) is 4.91. The standard InChI is InChI=1S/C17H27N3O4/c18-15-11(17(22)23)5-10-14(21)9-6-12(8-3-1-2-4-8)19-7-13(9)24-16(10)20-15/h8-13,15-16,19-20H,1-7,18H2,(H,22,23). The molecule has 4 fully saturated rings. The number of piperidine rings is 2. The van der Waals surface area contributed by atoms with Crippen LogP contribution in [0.5, 0.6) is 0 Å². The van der Waals surface area contributed by atoms with E-state index < -0.39 is 30.2 Å². The van der Waals surface area contributed by atoms with E-state index in [0.29, 0.717) is 18.5 Å². The molecule has 0 bridgehead atoms. The van der Waals surface area contributed by atoms with E-state index in [4.69, 9.17) is 10.5 Å².